The number of phenols is 1. The average molecular weight is 203 g/mol. The molecule has 3 nitrogen and oxygen atoms in total. The Kier molecular flexibility index (Phi) is 2.74. The number of fused-ring (bicyclic) bond motifs is 1. The number of hydrogen-bond acceptors (Lipinski definition) is 3. The van der Waals surface area contributed by atoms with Crippen LogP contribution in [-0.4, -0.2) is 18.3 Å². The molecule has 0 aliphatic heterocycles. The van der Waals surface area contributed by atoms with E-state index in [-0.39, 0.29) is 5.75 Å². The highest BCUT2D eigenvalue weighted by Gasteiger charge is 2.06. The van der Waals surface area contributed by atoms with Gasteiger partial charge in [0.15, 0.2) is 11.5 Å². The number of rotatable bonds is 3. The molecule has 0 amide bonds. The minimum Gasteiger partial charge on any atom is -0.504 e. The van der Waals surface area contributed by atoms with Gasteiger partial charge in [0.1, 0.15) is 6.61 Å². The van der Waals surface area contributed by atoms with E-state index in [2.05, 4.69) is 0 Å². The van der Waals surface area contributed by atoms with Gasteiger partial charge in [0.2, 0.25) is 0 Å². The number of hydrogen-bond donors (Lipinski definition) is 2. The van der Waals surface area contributed by atoms with Crippen LogP contribution < -0.4 is 10.5 Å². The zero-order valence-electron chi connectivity index (χ0n) is 8.31. The largest absolute Gasteiger partial charge is 0.504 e. The fourth-order valence-electron chi connectivity index (χ4n) is 1.54. The van der Waals surface area contributed by atoms with Gasteiger partial charge in [-0.3, -0.25) is 0 Å². The SMILES string of the molecule is NCCOc1c(O)ccc2ccccc12. The molecule has 0 bridgehead atoms. The summed E-state index contributed by atoms with van der Waals surface area (Å²) in [6.45, 7) is 0.838. The van der Waals surface area contributed by atoms with E-state index in [4.69, 9.17) is 10.5 Å². The first-order valence-corrected chi connectivity index (χ1v) is 4.86. The molecule has 2 rings (SSSR count). The Balaban J connectivity index is 2.53. The van der Waals surface area contributed by atoms with Gasteiger partial charge in [-0.15, -0.1) is 0 Å². The summed E-state index contributed by atoms with van der Waals surface area (Å²) < 4.78 is 5.42. The molecule has 2 aromatic carbocycles. The lowest BCUT2D eigenvalue weighted by molar-refractivity contribution is 0.312. The second kappa shape index (κ2) is 4.19. The van der Waals surface area contributed by atoms with Crippen molar-refractivity contribution < 1.29 is 9.84 Å². The molecular weight excluding hydrogens is 190 g/mol. The van der Waals surface area contributed by atoms with E-state index in [9.17, 15) is 5.11 Å². The molecule has 0 atom stereocenters. The van der Waals surface area contributed by atoms with Crippen LogP contribution in [0.4, 0.5) is 0 Å². The van der Waals surface area contributed by atoms with Gasteiger partial charge in [0, 0.05) is 11.9 Å². The van der Waals surface area contributed by atoms with Crippen LogP contribution in [0.5, 0.6) is 11.5 Å². The summed E-state index contributed by atoms with van der Waals surface area (Å²) in [5.74, 6) is 0.667. The molecule has 3 N–H and O–H groups in total. The third-order valence-corrected chi connectivity index (χ3v) is 2.22. The standard InChI is InChI=1S/C12H13NO2/c13-7-8-15-12-10-4-2-1-3-9(10)5-6-11(12)14/h1-6,14H,7-8,13H2. The van der Waals surface area contributed by atoms with Gasteiger partial charge in [-0.2, -0.15) is 0 Å². The van der Waals surface area contributed by atoms with Gasteiger partial charge in [0.25, 0.3) is 0 Å². The summed E-state index contributed by atoms with van der Waals surface area (Å²) in [5, 5.41) is 11.6. The molecule has 2 aromatic rings. The normalized spacial score (nSPS) is 10.5. The quantitative estimate of drug-likeness (QED) is 0.800. The van der Waals surface area contributed by atoms with Crippen molar-refractivity contribution in [3.05, 3.63) is 36.4 Å². The molecule has 0 aromatic heterocycles. The summed E-state index contributed by atoms with van der Waals surface area (Å²) in [6.07, 6.45) is 0. The molecule has 0 saturated carbocycles. The Labute approximate surface area is 88.1 Å². The Morgan fingerprint density at radius 3 is 2.73 bits per heavy atom. The highest BCUT2D eigenvalue weighted by molar-refractivity contribution is 5.90. The maximum absolute atomic E-state index is 9.67. The monoisotopic (exact) mass is 203 g/mol. The predicted molar refractivity (Wildman–Crippen MR) is 60.2 cm³/mol. The van der Waals surface area contributed by atoms with Crippen LogP contribution in [0.1, 0.15) is 0 Å². The fourth-order valence-corrected chi connectivity index (χ4v) is 1.54. The van der Waals surface area contributed by atoms with Crippen molar-refractivity contribution >= 4 is 10.8 Å². The van der Waals surface area contributed by atoms with Crippen LogP contribution in [0.25, 0.3) is 10.8 Å². The third-order valence-electron chi connectivity index (χ3n) is 2.22. The van der Waals surface area contributed by atoms with Gasteiger partial charge < -0.3 is 15.6 Å². The van der Waals surface area contributed by atoms with Crippen LogP contribution in [0, 0.1) is 0 Å². The summed E-state index contributed by atoms with van der Waals surface area (Å²) >= 11 is 0. The first-order chi connectivity index (χ1) is 7.33. The summed E-state index contributed by atoms with van der Waals surface area (Å²) in [5.41, 5.74) is 5.36. The zero-order chi connectivity index (χ0) is 10.7. The number of aromatic hydroxyl groups is 1. The summed E-state index contributed by atoms with van der Waals surface area (Å²) in [6, 6.07) is 11.3. The molecule has 0 radical (unpaired) electrons. The maximum Gasteiger partial charge on any atom is 0.168 e. The highest BCUT2D eigenvalue weighted by atomic mass is 16.5. The minimum absolute atomic E-state index is 0.155. The maximum atomic E-state index is 9.67. The van der Waals surface area contributed by atoms with E-state index in [1.54, 1.807) is 6.07 Å². The van der Waals surface area contributed by atoms with Crippen LogP contribution in [0.3, 0.4) is 0 Å². The molecular formula is C12H13NO2. The molecule has 15 heavy (non-hydrogen) atoms. The van der Waals surface area contributed by atoms with Gasteiger partial charge >= 0.3 is 0 Å². The molecule has 0 unspecified atom stereocenters. The predicted octanol–water partition coefficient (Wildman–Crippen LogP) is 1.88. The van der Waals surface area contributed by atoms with Gasteiger partial charge in [0.05, 0.1) is 0 Å². The van der Waals surface area contributed by atoms with Crippen molar-refractivity contribution in [2.45, 2.75) is 0 Å². The van der Waals surface area contributed by atoms with E-state index < -0.39 is 0 Å². The molecule has 0 heterocycles. The number of nitrogens with two attached hydrogens (primary N) is 1. The molecule has 0 spiro atoms. The Morgan fingerprint density at radius 1 is 1.13 bits per heavy atom. The van der Waals surface area contributed by atoms with E-state index in [0.717, 1.165) is 10.8 Å². The first kappa shape index (κ1) is 9.80. The molecule has 0 saturated heterocycles. The first-order valence-electron chi connectivity index (χ1n) is 4.86. The van der Waals surface area contributed by atoms with Gasteiger partial charge in [-0.25, -0.2) is 0 Å². The minimum atomic E-state index is 0.155. The number of ether oxygens (including phenoxy) is 1. The van der Waals surface area contributed by atoms with Crippen molar-refractivity contribution in [1.29, 1.82) is 0 Å². The Morgan fingerprint density at radius 2 is 1.93 bits per heavy atom. The second-order valence-corrected chi connectivity index (χ2v) is 3.27. The Bertz CT molecular complexity index is 468. The van der Waals surface area contributed by atoms with Crippen LogP contribution in [0.2, 0.25) is 0 Å². The zero-order valence-corrected chi connectivity index (χ0v) is 8.31. The van der Waals surface area contributed by atoms with Crippen LogP contribution >= 0.6 is 0 Å². The van der Waals surface area contributed by atoms with Crippen molar-refractivity contribution in [1.82, 2.24) is 0 Å². The summed E-state index contributed by atoms with van der Waals surface area (Å²) in [7, 11) is 0. The lowest BCUT2D eigenvalue weighted by Crippen LogP contribution is -2.10. The van der Waals surface area contributed by atoms with Crippen molar-refractivity contribution in [3.63, 3.8) is 0 Å². The van der Waals surface area contributed by atoms with E-state index >= 15 is 0 Å². The summed E-state index contributed by atoms with van der Waals surface area (Å²) in [4.78, 5) is 0. The molecule has 3 heteroatoms. The van der Waals surface area contributed by atoms with Gasteiger partial charge in [-0.1, -0.05) is 30.3 Å². The van der Waals surface area contributed by atoms with E-state index in [0.29, 0.717) is 18.9 Å². The van der Waals surface area contributed by atoms with Crippen molar-refractivity contribution in [2.24, 2.45) is 5.73 Å². The van der Waals surface area contributed by atoms with Crippen LogP contribution in [0.15, 0.2) is 36.4 Å². The number of benzene rings is 2. The second-order valence-electron chi connectivity index (χ2n) is 3.27. The lowest BCUT2D eigenvalue weighted by atomic mass is 10.1. The van der Waals surface area contributed by atoms with Gasteiger partial charge in [-0.05, 0) is 11.5 Å². The number of phenolic OH excluding ortho intramolecular Hbond substituents is 1. The average Bonchev–Trinajstić information content (AvgIpc) is 2.28. The molecule has 0 aliphatic rings. The molecule has 78 valence electrons. The van der Waals surface area contributed by atoms with Crippen molar-refractivity contribution in [3.8, 4) is 11.5 Å². The molecule has 0 aliphatic carbocycles. The third kappa shape index (κ3) is 1.87. The van der Waals surface area contributed by atoms with E-state index in [1.165, 1.54) is 0 Å². The smallest absolute Gasteiger partial charge is 0.168 e. The lowest BCUT2D eigenvalue weighted by Gasteiger charge is -2.09. The highest BCUT2D eigenvalue weighted by Crippen LogP contribution is 2.34. The van der Waals surface area contributed by atoms with Crippen molar-refractivity contribution in [2.75, 3.05) is 13.2 Å². The Hall–Kier alpha value is -1.74. The fraction of sp³-hybridized carbons (Fsp3) is 0.167. The topological polar surface area (TPSA) is 55.5 Å². The van der Waals surface area contributed by atoms with E-state index in [1.807, 2.05) is 30.3 Å². The van der Waals surface area contributed by atoms with Crippen LogP contribution in [-0.2, 0) is 0 Å². The molecule has 0 fully saturated rings.